The molecule has 0 saturated heterocycles. The fourth-order valence-corrected chi connectivity index (χ4v) is 6.28. The van der Waals surface area contributed by atoms with Crippen LogP contribution in [-0.2, 0) is 11.0 Å². The molecule has 0 spiro atoms. The van der Waals surface area contributed by atoms with Crippen LogP contribution in [0.15, 0.2) is 71.9 Å². The van der Waals surface area contributed by atoms with Gasteiger partial charge in [-0.2, -0.15) is 0 Å². The maximum Gasteiger partial charge on any atom is 0.195 e. The van der Waals surface area contributed by atoms with Crippen molar-refractivity contribution in [3.05, 3.63) is 72.4 Å². The largest absolute Gasteiger partial charge is 0.398 e. The van der Waals surface area contributed by atoms with Crippen molar-refractivity contribution < 1.29 is 4.43 Å². The van der Waals surface area contributed by atoms with Gasteiger partial charge in [0.25, 0.3) is 0 Å². The number of nitrogens with one attached hydrogen (secondary N) is 1. The summed E-state index contributed by atoms with van der Waals surface area (Å²) in [4.78, 5) is 8.09. The van der Waals surface area contributed by atoms with Crippen LogP contribution in [0.5, 0.6) is 0 Å². The molecule has 0 saturated carbocycles. The van der Waals surface area contributed by atoms with Crippen molar-refractivity contribution in [3.63, 3.8) is 0 Å². The number of aromatic nitrogens is 1. The summed E-state index contributed by atoms with van der Waals surface area (Å²) in [7, 11) is -1.99. The summed E-state index contributed by atoms with van der Waals surface area (Å²) in [6.45, 7) is 15.2. The van der Waals surface area contributed by atoms with Gasteiger partial charge in [-0.05, 0) is 41.7 Å². The zero-order valence-corrected chi connectivity index (χ0v) is 21.7. The van der Waals surface area contributed by atoms with Crippen molar-refractivity contribution in [3.8, 4) is 11.1 Å². The molecule has 0 atom stereocenters. The van der Waals surface area contributed by atoms with Crippen LogP contribution < -0.4 is 5.01 Å². The number of benzene rings is 2. The molecule has 0 bridgehead atoms. The molecule has 0 unspecified atom stereocenters. The van der Waals surface area contributed by atoms with Crippen LogP contribution in [0.3, 0.4) is 0 Å². The predicted molar refractivity (Wildman–Crippen MR) is 141 cm³/mol. The average molecular weight is 461 g/mol. The first kappa shape index (κ1) is 23.3. The Balaban J connectivity index is 1.62. The molecule has 2 aromatic carbocycles. The Morgan fingerprint density at radius 3 is 2.33 bits per heavy atom. The summed E-state index contributed by atoms with van der Waals surface area (Å²) in [5.74, 6) is 1.48. The average Bonchev–Trinajstić information content (AvgIpc) is 3.23. The monoisotopic (exact) mass is 460 g/mol. The highest BCUT2D eigenvalue weighted by Crippen LogP contribution is 2.45. The van der Waals surface area contributed by atoms with E-state index in [4.69, 9.17) is 9.42 Å². The predicted octanol–water partition coefficient (Wildman–Crippen LogP) is 7.19. The van der Waals surface area contributed by atoms with E-state index >= 15 is 0 Å². The van der Waals surface area contributed by atoms with Gasteiger partial charge in [0.2, 0.25) is 0 Å². The number of rotatable bonds is 8. The topological polar surface area (TPSA) is 43.9 Å². The maximum absolute atomic E-state index is 6.76. The first-order valence-electron chi connectivity index (χ1n) is 11.7. The lowest BCUT2D eigenvalue weighted by atomic mass is 9.99. The zero-order chi connectivity index (χ0) is 23.6. The Hall–Kier alpha value is -2.83. The Morgan fingerprint density at radius 1 is 1.06 bits per heavy atom. The highest BCUT2D eigenvalue weighted by Gasteiger charge is 2.43. The first-order valence-corrected chi connectivity index (χ1v) is 14.6. The molecule has 1 aromatic heterocycles. The van der Waals surface area contributed by atoms with Gasteiger partial charge in [0.1, 0.15) is 18.9 Å². The molecular formula is C27H36N4OSi. The number of anilines is 1. The standard InChI is InChI=1S/C27H36N4OSi/c1-21(2)27(3,4)33(5,6)32-20-31(23-15-11-8-12-16-23)30-18-25-24(17-28-26(25)29-19-30)22-13-9-7-10-14-22/h7-17,19,21,28H,18,20H2,1-6H3. The number of aromatic amines is 1. The molecule has 1 N–H and O–H groups in total. The smallest absolute Gasteiger partial charge is 0.195 e. The fraction of sp³-hybridized carbons (Fsp3) is 0.370. The van der Waals surface area contributed by atoms with Gasteiger partial charge in [-0.3, -0.25) is 10.0 Å². The van der Waals surface area contributed by atoms with Gasteiger partial charge in [0.05, 0.1) is 12.2 Å². The molecule has 1 aliphatic heterocycles. The molecule has 2 heterocycles. The third-order valence-electron chi connectivity index (χ3n) is 7.60. The summed E-state index contributed by atoms with van der Waals surface area (Å²) in [6.07, 6.45) is 3.97. The molecule has 3 aromatic rings. The minimum Gasteiger partial charge on any atom is -0.398 e. The molecule has 1 aliphatic rings. The zero-order valence-electron chi connectivity index (χ0n) is 20.7. The van der Waals surface area contributed by atoms with Gasteiger partial charge in [-0.1, -0.05) is 76.2 Å². The van der Waals surface area contributed by atoms with Crippen molar-refractivity contribution in [2.75, 3.05) is 11.7 Å². The van der Waals surface area contributed by atoms with Gasteiger partial charge < -0.3 is 9.41 Å². The fourth-order valence-electron chi connectivity index (χ4n) is 4.07. The van der Waals surface area contributed by atoms with Crippen LogP contribution in [0.4, 0.5) is 11.5 Å². The Bertz CT molecular complexity index is 1090. The SMILES string of the molecule is CC(C)C(C)(C)[Si](C)(C)OCN(c1ccccc1)N1C=Nc2[nH]cc(-c3ccccc3)c2C1. The molecule has 5 nitrogen and oxygen atoms in total. The Morgan fingerprint density at radius 2 is 1.70 bits per heavy atom. The Kier molecular flexibility index (Phi) is 6.50. The number of hydrazine groups is 1. The van der Waals surface area contributed by atoms with E-state index in [2.05, 4.69) is 111 Å². The number of hydrogen-bond donors (Lipinski definition) is 1. The second-order valence-electron chi connectivity index (χ2n) is 10.1. The lowest BCUT2D eigenvalue weighted by Crippen LogP contribution is -2.51. The molecule has 4 rings (SSSR count). The van der Waals surface area contributed by atoms with Crippen LogP contribution in [0, 0.1) is 5.92 Å². The van der Waals surface area contributed by atoms with E-state index in [9.17, 15) is 0 Å². The van der Waals surface area contributed by atoms with E-state index in [1.165, 1.54) is 16.7 Å². The van der Waals surface area contributed by atoms with Crippen molar-refractivity contribution >= 4 is 26.2 Å². The van der Waals surface area contributed by atoms with E-state index in [0.29, 0.717) is 12.6 Å². The normalized spacial score (nSPS) is 14.0. The van der Waals surface area contributed by atoms with Crippen molar-refractivity contribution in [2.24, 2.45) is 10.9 Å². The lowest BCUT2D eigenvalue weighted by Gasteiger charge is -2.45. The molecule has 0 amide bonds. The van der Waals surface area contributed by atoms with E-state index in [-0.39, 0.29) is 5.04 Å². The number of aliphatic imine (C=N–C) groups is 1. The third kappa shape index (κ3) is 4.63. The van der Waals surface area contributed by atoms with Crippen LogP contribution in [0.1, 0.15) is 33.3 Å². The molecule has 6 heteroatoms. The maximum atomic E-state index is 6.76. The minimum atomic E-state index is -1.99. The van der Waals surface area contributed by atoms with Crippen LogP contribution in [0.2, 0.25) is 18.1 Å². The highest BCUT2D eigenvalue weighted by molar-refractivity contribution is 6.74. The van der Waals surface area contributed by atoms with Gasteiger partial charge in [-0.25, -0.2) is 4.99 Å². The summed E-state index contributed by atoms with van der Waals surface area (Å²) >= 11 is 0. The molecular weight excluding hydrogens is 424 g/mol. The highest BCUT2D eigenvalue weighted by atomic mass is 28.4. The number of hydrogen-bond acceptors (Lipinski definition) is 4. The van der Waals surface area contributed by atoms with E-state index in [1.54, 1.807) is 0 Å². The third-order valence-corrected chi connectivity index (χ3v) is 12.1. The number of para-hydroxylation sites is 1. The molecule has 174 valence electrons. The summed E-state index contributed by atoms with van der Waals surface area (Å²) in [6, 6.07) is 20.9. The second-order valence-corrected chi connectivity index (χ2v) is 14.7. The summed E-state index contributed by atoms with van der Waals surface area (Å²) in [5.41, 5.74) is 4.68. The summed E-state index contributed by atoms with van der Waals surface area (Å²) in [5, 5.41) is 4.53. The molecule has 33 heavy (non-hydrogen) atoms. The van der Waals surface area contributed by atoms with E-state index in [0.717, 1.165) is 18.1 Å². The molecule has 0 radical (unpaired) electrons. The molecule has 0 aliphatic carbocycles. The van der Waals surface area contributed by atoms with Gasteiger partial charge >= 0.3 is 0 Å². The van der Waals surface area contributed by atoms with Gasteiger partial charge in [-0.15, -0.1) is 0 Å². The first-order chi connectivity index (χ1) is 15.7. The van der Waals surface area contributed by atoms with Crippen LogP contribution in [0.25, 0.3) is 11.1 Å². The number of nitrogens with zero attached hydrogens (tertiary/aromatic N) is 3. The van der Waals surface area contributed by atoms with E-state index < -0.39 is 8.32 Å². The van der Waals surface area contributed by atoms with Crippen LogP contribution >= 0.6 is 0 Å². The number of H-pyrrole nitrogens is 1. The lowest BCUT2D eigenvalue weighted by molar-refractivity contribution is 0.214. The Labute approximate surface area is 199 Å². The van der Waals surface area contributed by atoms with E-state index in [1.807, 2.05) is 18.5 Å². The van der Waals surface area contributed by atoms with Crippen LogP contribution in [-0.4, -0.2) is 31.4 Å². The van der Waals surface area contributed by atoms with Gasteiger partial charge in [0.15, 0.2) is 8.32 Å². The van der Waals surface area contributed by atoms with Crippen molar-refractivity contribution in [1.29, 1.82) is 0 Å². The number of fused-ring (bicyclic) bond motifs is 1. The quantitative estimate of drug-likeness (QED) is 0.286. The molecule has 0 fully saturated rings. The van der Waals surface area contributed by atoms with Gasteiger partial charge in [0, 0.05) is 17.3 Å². The second kappa shape index (κ2) is 9.19. The minimum absolute atomic E-state index is 0.152. The van der Waals surface area contributed by atoms with Crippen molar-refractivity contribution in [2.45, 2.75) is 52.4 Å². The summed E-state index contributed by atoms with van der Waals surface area (Å²) < 4.78 is 6.76. The van der Waals surface area contributed by atoms with Crippen molar-refractivity contribution in [1.82, 2.24) is 9.99 Å².